The second-order valence-corrected chi connectivity index (χ2v) is 10.7. The minimum Gasteiger partial charge on any atom is -0.487 e. The number of halogens is 2. The molecule has 0 aliphatic heterocycles. The lowest BCUT2D eigenvalue weighted by molar-refractivity contribution is -0.155. The highest BCUT2D eigenvalue weighted by Crippen LogP contribution is 2.38. The molecule has 7 heteroatoms. The van der Waals surface area contributed by atoms with Crippen LogP contribution in [0.15, 0.2) is 36.4 Å². The maximum absolute atomic E-state index is 13.1. The van der Waals surface area contributed by atoms with Crippen LogP contribution in [0.25, 0.3) is 0 Å². The van der Waals surface area contributed by atoms with Crippen molar-refractivity contribution in [1.29, 1.82) is 0 Å². The number of esters is 2. The highest BCUT2D eigenvalue weighted by molar-refractivity contribution is 14.1. The molecule has 0 spiro atoms. The van der Waals surface area contributed by atoms with Crippen molar-refractivity contribution in [3.63, 3.8) is 0 Å². The molecule has 0 aliphatic carbocycles. The lowest BCUT2D eigenvalue weighted by Gasteiger charge is -2.39. The Morgan fingerprint density at radius 3 is 2.03 bits per heavy atom. The summed E-state index contributed by atoms with van der Waals surface area (Å²) in [5.74, 6) is 0.598. The summed E-state index contributed by atoms with van der Waals surface area (Å²) in [4.78, 5) is 24.0. The van der Waals surface area contributed by atoms with Crippen LogP contribution in [0.1, 0.15) is 45.7 Å². The minimum atomic E-state index is -0.919. The Kier molecular flexibility index (Phi) is 8.77. The Bertz CT molecular complexity index is 926. The zero-order valence-corrected chi connectivity index (χ0v) is 23.0. The van der Waals surface area contributed by atoms with E-state index in [2.05, 4.69) is 45.2 Å². The Balaban J connectivity index is 2.10. The first-order valence-electron chi connectivity index (χ1n) is 9.93. The van der Waals surface area contributed by atoms with Gasteiger partial charge in [0.05, 0.1) is 13.7 Å². The van der Waals surface area contributed by atoms with Gasteiger partial charge in [0, 0.05) is 13.3 Å². The number of hydrogen-bond acceptors (Lipinski definition) is 5. The summed E-state index contributed by atoms with van der Waals surface area (Å²) in [5.41, 5.74) is 0.407. The molecule has 0 N–H and O–H groups in total. The number of carbonyl (C=O) groups is 2. The third-order valence-corrected chi connectivity index (χ3v) is 6.95. The van der Waals surface area contributed by atoms with Gasteiger partial charge in [-0.1, -0.05) is 12.1 Å². The molecule has 2 aromatic rings. The Labute approximate surface area is 211 Å². The molecule has 168 valence electrons. The molecule has 0 atom stereocenters. The first-order chi connectivity index (χ1) is 14.3. The average Bonchev–Trinajstić information content (AvgIpc) is 2.65. The molecule has 0 fully saturated rings. The quantitative estimate of drug-likeness (QED) is 0.197. The molecule has 0 saturated carbocycles. The highest BCUT2D eigenvalue weighted by Gasteiger charge is 2.47. The van der Waals surface area contributed by atoms with Crippen molar-refractivity contribution in [2.24, 2.45) is 5.41 Å². The van der Waals surface area contributed by atoms with E-state index in [4.69, 9.17) is 14.2 Å². The van der Waals surface area contributed by atoms with Crippen molar-refractivity contribution in [3.8, 4) is 11.5 Å². The molecule has 31 heavy (non-hydrogen) atoms. The standard InChI is InChI=1S/C24H28I2O5/c1-15-13-19(25)21(20(26)14-15)30-22(28)23(3,4)24(5,6)31-18-9-7-17(8-10-18)11-12-29-16(2)27/h7-10,13-14H,11-12H2,1-6H3. The number of carbonyl (C=O) groups excluding carboxylic acids is 2. The molecule has 2 aromatic carbocycles. The van der Waals surface area contributed by atoms with E-state index in [1.807, 2.05) is 71.0 Å². The molecular weight excluding hydrogens is 622 g/mol. The zero-order chi connectivity index (χ0) is 23.4. The maximum Gasteiger partial charge on any atom is 0.321 e. The van der Waals surface area contributed by atoms with E-state index in [1.54, 1.807) is 0 Å². The monoisotopic (exact) mass is 650 g/mol. The van der Waals surface area contributed by atoms with Crippen molar-refractivity contribution < 1.29 is 23.8 Å². The third-order valence-electron chi connectivity index (χ3n) is 5.35. The number of benzene rings is 2. The number of rotatable bonds is 8. The predicted molar refractivity (Wildman–Crippen MR) is 138 cm³/mol. The summed E-state index contributed by atoms with van der Waals surface area (Å²) in [6.07, 6.45) is 0.634. The molecule has 0 aromatic heterocycles. The summed E-state index contributed by atoms with van der Waals surface area (Å²) in [6, 6.07) is 11.6. The first-order valence-corrected chi connectivity index (χ1v) is 12.1. The van der Waals surface area contributed by atoms with Crippen LogP contribution in [-0.2, 0) is 20.7 Å². The molecule has 0 radical (unpaired) electrons. The van der Waals surface area contributed by atoms with Crippen molar-refractivity contribution in [3.05, 3.63) is 54.7 Å². The van der Waals surface area contributed by atoms with Crippen LogP contribution in [0.5, 0.6) is 11.5 Å². The van der Waals surface area contributed by atoms with E-state index in [1.165, 1.54) is 6.92 Å². The second-order valence-electron chi connectivity index (χ2n) is 8.42. The lowest BCUT2D eigenvalue weighted by Crippen LogP contribution is -2.51. The second kappa shape index (κ2) is 10.5. The molecule has 5 nitrogen and oxygen atoms in total. The fourth-order valence-electron chi connectivity index (χ4n) is 2.71. The molecule has 0 saturated heterocycles. The van der Waals surface area contributed by atoms with E-state index < -0.39 is 11.0 Å². The topological polar surface area (TPSA) is 61.8 Å². The zero-order valence-electron chi connectivity index (χ0n) is 18.7. The van der Waals surface area contributed by atoms with Crippen molar-refractivity contribution in [2.45, 2.75) is 53.6 Å². The molecule has 2 rings (SSSR count). The summed E-state index contributed by atoms with van der Waals surface area (Å²) < 4.78 is 18.8. The van der Waals surface area contributed by atoms with E-state index in [9.17, 15) is 9.59 Å². The van der Waals surface area contributed by atoms with Crippen LogP contribution in [0, 0.1) is 19.5 Å². The van der Waals surface area contributed by atoms with Gasteiger partial charge in [-0.05, 0) is 115 Å². The summed E-state index contributed by atoms with van der Waals surface area (Å²) in [5, 5.41) is 0. The van der Waals surface area contributed by atoms with Gasteiger partial charge in [0.25, 0.3) is 0 Å². The molecule has 0 heterocycles. The van der Waals surface area contributed by atoms with Gasteiger partial charge in [-0.15, -0.1) is 0 Å². The van der Waals surface area contributed by atoms with Crippen LogP contribution in [0.4, 0.5) is 0 Å². The van der Waals surface area contributed by atoms with E-state index in [0.29, 0.717) is 24.5 Å². The molecular formula is C24H28I2O5. The SMILES string of the molecule is CC(=O)OCCc1ccc(OC(C)(C)C(C)(C)C(=O)Oc2c(I)cc(C)cc2I)cc1. The third kappa shape index (κ3) is 6.81. The van der Waals surface area contributed by atoms with Crippen molar-refractivity contribution >= 4 is 57.1 Å². The molecule has 0 unspecified atom stereocenters. The molecule has 0 bridgehead atoms. The number of hydrogen-bond donors (Lipinski definition) is 0. The van der Waals surface area contributed by atoms with Gasteiger partial charge in [0.2, 0.25) is 0 Å². The molecule has 0 amide bonds. The smallest absolute Gasteiger partial charge is 0.321 e. The number of aryl methyl sites for hydroxylation is 1. The normalized spacial score (nSPS) is 11.7. The van der Waals surface area contributed by atoms with Gasteiger partial charge in [-0.25, -0.2) is 0 Å². The largest absolute Gasteiger partial charge is 0.487 e. The lowest BCUT2D eigenvalue weighted by atomic mass is 9.77. The van der Waals surface area contributed by atoms with E-state index >= 15 is 0 Å². The summed E-state index contributed by atoms with van der Waals surface area (Å²) in [7, 11) is 0. The fourth-order valence-corrected chi connectivity index (χ4v) is 5.01. The van der Waals surface area contributed by atoms with Gasteiger partial charge in [0.1, 0.15) is 16.8 Å². The van der Waals surface area contributed by atoms with Crippen LogP contribution in [0.2, 0.25) is 0 Å². The highest BCUT2D eigenvalue weighted by atomic mass is 127. The van der Waals surface area contributed by atoms with Gasteiger partial charge >= 0.3 is 11.9 Å². The van der Waals surface area contributed by atoms with E-state index in [0.717, 1.165) is 18.3 Å². The van der Waals surface area contributed by atoms with Gasteiger partial charge in [0.15, 0.2) is 5.75 Å². The van der Waals surface area contributed by atoms with Gasteiger partial charge in [-0.2, -0.15) is 0 Å². The Hall–Kier alpha value is -1.36. The summed E-state index contributed by atoms with van der Waals surface area (Å²) >= 11 is 4.38. The van der Waals surface area contributed by atoms with Gasteiger partial charge in [-0.3, -0.25) is 9.59 Å². The summed E-state index contributed by atoms with van der Waals surface area (Å²) in [6.45, 7) is 11.2. The van der Waals surface area contributed by atoms with Gasteiger partial charge < -0.3 is 14.2 Å². The first kappa shape index (κ1) is 25.9. The van der Waals surface area contributed by atoms with Crippen molar-refractivity contribution in [1.82, 2.24) is 0 Å². The Morgan fingerprint density at radius 1 is 0.968 bits per heavy atom. The predicted octanol–water partition coefficient (Wildman–Crippen LogP) is 6.10. The maximum atomic E-state index is 13.1. The average molecular weight is 650 g/mol. The van der Waals surface area contributed by atoms with Crippen molar-refractivity contribution in [2.75, 3.05) is 6.61 Å². The van der Waals surface area contributed by atoms with Crippen LogP contribution in [0.3, 0.4) is 0 Å². The number of ether oxygens (including phenoxy) is 3. The minimum absolute atomic E-state index is 0.286. The molecule has 0 aliphatic rings. The fraction of sp³-hybridized carbons (Fsp3) is 0.417. The Morgan fingerprint density at radius 2 is 1.52 bits per heavy atom. The van der Waals surface area contributed by atoms with E-state index in [-0.39, 0.29) is 11.9 Å². The van der Waals surface area contributed by atoms with Crippen LogP contribution >= 0.6 is 45.2 Å². The van der Waals surface area contributed by atoms with Crippen LogP contribution < -0.4 is 9.47 Å². The van der Waals surface area contributed by atoms with Crippen LogP contribution in [-0.4, -0.2) is 24.1 Å².